The first kappa shape index (κ1) is 6.26. The van der Waals surface area contributed by atoms with Gasteiger partial charge in [-0.15, -0.1) is 0 Å². The highest BCUT2D eigenvalue weighted by Gasteiger charge is 1.93. The molecule has 2 radical (unpaired) electrons. The zero-order valence-electron chi connectivity index (χ0n) is 2.87. The van der Waals surface area contributed by atoms with Crippen molar-refractivity contribution in [3.63, 3.8) is 0 Å². The smallest absolute Gasteiger partial charge is 0.161 e. The van der Waals surface area contributed by atoms with E-state index in [1.807, 2.05) is 0 Å². The third-order valence-corrected chi connectivity index (χ3v) is 1.21. The molecule has 0 spiro atoms. The van der Waals surface area contributed by atoms with Crippen LogP contribution in [0.4, 0.5) is 0 Å². The topological polar surface area (TPSA) is 34.1 Å². The molecule has 30 valence electrons. The Labute approximate surface area is 40.1 Å². The van der Waals surface area contributed by atoms with Crippen molar-refractivity contribution in [3.05, 3.63) is 0 Å². The van der Waals surface area contributed by atoms with E-state index in [0.717, 1.165) is 0 Å². The Morgan fingerprint density at radius 1 is 1.33 bits per heavy atom. The normalized spacial score (nSPS) is 15.3. The van der Waals surface area contributed by atoms with Crippen LogP contribution >= 0.6 is 16.9 Å². The molecule has 0 saturated heterocycles. The predicted octanol–water partition coefficient (Wildman–Crippen LogP) is 1.02. The Bertz CT molecular complexity index is 56.6. The molecular weight excluding hydrogens is 117 g/mol. The van der Waals surface area contributed by atoms with Crippen LogP contribution in [-0.4, -0.2) is 13.1 Å². The van der Waals surface area contributed by atoms with Crippen molar-refractivity contribution in [2.45, 2.75) is 5.30 Å². The SMILES string of the molecule is [B]C(P=O)P=O. The summed E-state index contributed by atoms with van der Waals surface area (Å²) in [5.74, 6) is 0. The van der Waals surface area contributed by atoms with Crippen LogP contribution in [0.3, 0.4) is 0 Å². The van der Waals surface area contributed by atoms with Gasteiger partial charge in [0.05, 0.1) is 5.30 Å². The molecule has 0 aliphatic rings. The molecular formula is CHBO2P2. The third-order valence-electron chi connectivity index (χ3n) is 0.216. The molecule has 0 bridgehead atoms. The molecule has 0 N–H and O–H groups in total. The first-order valence-electron chi connectivity index (χ1n) is 1.21. The zero-order valence-corrected chi connectivity index (χ0v) is 4.65. The van der Waals surface area contributed by atoms with E-state index in [4.69, 9.17) is 7.85 Å². The van der Waals surface area contributed by atoms with Crippen molar-refractivity contribution < 1.29 is 9.13 Å². The van der Waals surface area contributed by atoms with Crippen LogP contribution < -0.4 is 0 Å². The second-order valence-electron chi connectivity index (χ2n) is 0.624. The maximum atomic E-state index is 9.50. The van der Waals surface area contributed by atoms with Gasteiger partial charge in [0.2, 0.25) is 0 Å². The summed E-state index contributed by atoms with van der Waals surface area (Å²) in [4.78, 5) is 0. The van der Waals surface area contributed by atoms with E-state index in [1.54, 1.807) is 0 Å². The average molecular weight is 118 g/mol. The van der Waals surface area contributed by atoms with Crippen molar-refractivity contribution in [1.29, 1.82) is 0 Å². The van der Waals surface area contributed by atoms with Gasteiger partial charge in [0.1, 0.15) is 7.85 Å². The lowest BCUT2D eigenvalue weighted by Crippen LogP contribution is -1.78. The van der Waals surface area contributed by atoms with Gasteiger partial charge in [-0.2, -0.15) is 0 Å². The van der Waals surface area contributed by atoms with Crippen LogP contribution in [0.25, 0.3) is 0 Å². The summed E-state index contributed by atoms with van der Waals surface area (Å²) in [6, 6.07) is 0. The van der Waals surface area contributed by atoms with Gasteiger partial charge in [-0.25, -0.2) is 0 Å². The summed E-state index contributed by atoms with van der Waals surface area (Å²) in [7, 11) is 4.28. The Hall–Kier alpha value is 0.265. The Balaban J connectivity index is 3.21. The Morgan fingerprint density at radius 3 is 1.67 bits per heavy atom. The van der Waals surface area contributed by atoms with Gasteiger partial charge < -0.3 is 0 Å². The summed E-state index contributed by atoms with van der Waals surface area (Å²) < 4.78 is 19.0. The summed E-state index contributed by atoms with van der Waals surface area (Å²) in [5, 5.41) is -0.731. The van der Waals surface area contributed by atoms with Crippen molar-refractivity contribution in [2.24, 2.45) is 0 Å². The van der Waals surface area contributed by atoms with Crippen LogP contribution in [0, 0.1) is 0 Å². The van der Waals surface area contributed by atoms with Crippen molar-refractivity contribution >= 4 is 24.8 Å². The minimum absolute atomic E-state index is 0.269. The molecule has 0 amide bonds. The average Bonchev–Trinajstić information content (AvgIpc) is 1.65. The molecule has 0 fully saturated rings. The third kappa shape index (κ3) is 2.50. The second-order valence-corrected chi connectivity index (χ2v) is 2.57. The minimum atomic E-state index is -0.731. The lowest BCUT2D eigenvalue weighted by atomic mass is 10.2. The van der Waals surface area contributed by atoms with Gasteiger partial charge in [-0.05, 0) is 0 Å². The fourth-order valence-corrected chi connectivity index (χ4v) is 0.173. The van der Waals surface area contributed by atoms with Crippen molar-refractivity contribution in [3.8, 4) is 0 Å². The van der Waals surface area contributed by atoms with E-state index in [9.17, 15) is 9.13 Å². The number of hydrogen-bond donors (Lipinski definition) is 0. The quantitative estimate of drug-likeness (QED) is 0.400. The second kappa shape index (κ2) is 3.45. The lowest BCUT2D eigenvalue weighted by molar-refractivity contribution is 0.593. The molecule has 5 heteroatoms. The largest absolute Gasteiger partial charge is 0.275 e. The first-order chi connectivity index (χ1) is 2.81. The Kier molecular flexibility index (Phi) is 3.61. The van der Waals surface area contributed by atoms with Crippen LogP contribution in [0.5, 0.6) is 0 Å². The van der Waals surface area contributed by atoms with Crippen molar-refractivity contribution in [1.82, 2.24) is 0 Å². The van der Waals surface area contributed by atoms with E-state index in [-0.39, 0.29) is 16.9 Å². The van der Waals surface area contributed by atoms with Gasteiger partial charge in [0, 0.05) is 0 Å². The van der Waals surface area contributed by atoms with Crippen molar-refractivity contribution in [2.75, 3.05) is 0 Å². The first-order valence-corrected chi connectivity index (χ1v) is 2.98. The highest BCUT2D eigenvalue weighted by molar-refractivity contribution is 7.48. The Morgan fingerprint density at radius 2 is 1.67 bits per heavy atom. The molecule has 0 aliphatic carbocycles. The fourth-order valence-electron chi connectivity index (χ4n) is 0.0192. The molecule has 0 aromatic carbocycles. The minimum Gasteiger partial charge on any atom is -0.275 e. The molecule has 6 heavy (non-hydrogen) atoms. The number of hydrogen-bond acceptors (Lipinski definition) is 2. The maximum absolute atomic E-state index is 9.50. The van der Waals surface area contributed by atoms with Gasteiger partial charge in [0.15, 0.2) is 16.9 Å². The summed E-state index contributed by atoms with van der Waals surface area (Å²) in [6.07, 6.45) is 0. The van der Waals surface area contributed by atoms with Crippen LogP contribution in [0.1, 0.15) is 0 Å². The molecule has 0 aliphatic heterocycles. The van der Waals surface area contributed by atoms with Crippen LogP contribution in [-0.2, 0) is 9.13 Å². The standard InChI is InChI=1S/CHBO2P2/c2-1(5-3)6-4/h1H. The molecule has 0 aromatic heterocycles. The summed E-state index contributed by atoms with van der Waals surface area (Å²) in [6.45, 7) is 0. The monoisotopic (exact) mass is 118 g/mol. The summed E-state index contributed by atoms with van der Waals surface area (Å²) in [5.41, 5.74) is 0. The molecule has 0 rings (SSSR count). The van der Waals surface area contributed by atoms with E-state index in [0.29, 0.717) is 0 Å². The van der Waals surface area contributed by atoms with Gasteiger partial charge in [-0.1, -0.05) is 0 Å². The van der Waals surface area contributed by atoms with Crippen LogP contribution in [0.15, 0.2) is 0 Å². The highest BCUT2D eigenvalue weighted by Crippen LogP contribution is 2.12. The molecule has 0 atom stereocenters. The summed E-state index contributed by atoms with van der Waals surface area (Å²) >= 11 is 0. The lowest BCUT2D eigenvalue weighted by Gasteiger charge is -1.74. The van der Waals surface area contributed by atoms with Gasteiger partial charge >= 0.3 is 0 Å². The van der Waals surface area contributed by atoms with E-state index in [1.165, 1.54) is 0 Å². The maximum Gasteiger partial charge on any atom is 0.161 e. The predicted molar refractivity (Wildman–Crippen MR) is 24.8 cm³/mol. The van der Waals surface area contributed by atoms with Gasteiger partial charge in [-0.3, -0.25) is 9.13 Å². The zero-order chi connectivity index (χ0) is 4.99. The molecule has 0 aromatic rings. The molecule has 0 heterocycles. The molecule has 0 unspecified atom stereocenters. The number of rotatable bonds is 2. The van der Waals surface area contributed by atoms with Gasteiger partial charge in [0.25, 0.3) is 0 Å². The molecule has 2 nitrogen and oxygen atoms in total. The fraction of sp³-hybridized carbons (Fsp3) is 1.00. The van der Waals surface area contributed by atoms with Crippen LogP contribution in [0.2, 0.25) is 0 Å². The van der Waals surface area contributed by atoms with E-state index >= 15 is 0 Å². The molecule has 0 saturated carbocycles. The van der Waals surface area contributed by atoms with E-state index < -0.39 is 5.30 Å². The van der Waals surface area contributed by atoms with E-state index in [2.05, 4.69) is 0 Å². The highest BCUT2D eigenvalue weighted by atomic mass is 31.1.